The van der Waals surface area contributed by atoms with Gasteiger partial charge in [0.15, 0.2) is 0 Å². The van der Waals surface area contributed by atoms with E-state index in [2.05, 4.69) is 10.3 Å². The lowest BCUT2D eigenvalue weighted by Gasteiger charge is -2.08. The summed E-state index contributed by atoms with van der Waals surface area (Å²) in [6.45, 7) is 0.565. The molecule has 23 heavy (non-hydrogen) atoms. The van der Waals surface area contributed by atoms with Crippen molar-refractivity contribution in [1.29, 1.82) is 0 Å². The maximum Gasteiger partial charge on any atom is 0.252 e. The molecule has 0 saturated heterocycles. The Morgan fingerprint density at radius 1 is 1.04 bits per heavy atom. The van der Waals surface area contributed by atoms with Crippen molar-refractivity contribution in [3.63, 3.8) is 0 Å². The predicted octanol–water partition coefficient (Wildman–Crippen LogP) is 2.45. The van der Waals surface area contributed by atoms with Crippen LogP contribution >= 0.6 is 0 Å². The lowest BCUT2D eigenvalue weighted by Crippen LogP contribution is -2.20. The number of H-pyrrole nitrogens is 1. The van der Waals surface area contributed by atoms with Crippen LogP contribution in [0.1, 0.15) is 16.7 Å². The van der Waals surface area contributed by atoms with E-state index in [1.807, 2.05) is 30.3 Å². The summed E-state index contributed by atoms with van der Waals surface area (Å²) < 4.78 is 13.3. The largest absolute Gasteiger partial charge is 0.392 e. The first-order chi connectivity index (χ1) is 11.2. The van der Waals surface area contributed by atoms with E-state index in [1.54, 1.807) is 12.1 Å². The minimum atomic E-state index is -0.415. The monoisotopic (exact) mass is 312 g/mol. The third-order valence-corrected chi connectivity index (χ3v) is 3.76. The van der Waals surface area contributed by atoms with Gasteiger partial charge in [-0.3, -0.25) is 4.79 Å². The van der Waals surface area contributed by atoms with Crippen molar-refractivity contribution in [2.24, 2.45) is 0 Å². The molecule has 0 fully saturated rings. The number of hydrogen-bond donors (Lipinski definition) is 3. The maximum absolute atomic E-state index is 13.3. The Hall–Kier alpha value is -2.50. The minimum Gasteiger partial charge on any atom is -0.392 e. The molecule has 0 unspecified atom stereocenters. The molecule has 3 rings (SSSR count). The number of hydrogen-bond acceptors (Lipinski definition) is 3. The zero-order chi connectivity index (χ0) is 16.2. The number of aromatic amines is 1. The number of fused-ring (bicyclic) bond motifs is 1. The normalized spacial score (nSPS) is 11.0. The van der Waals surface area contributed by atoms with Crippen molar-refractivity contribution in [2.75, 3.05) is 0 Å². The molecule has 0 saturated carbocycles. The highest BCUT2D eigenvalue weighted by Crippen LogP contribution is 2.12. The molecule has 0 aliphatic heterocycles. The Morgan fingerprint density at radius 3 is 2.70 bits per heavy atom. The van der Waals surface area contributed by atoms with Crippen LogP contribution in [0.15, 0.2) is 53.3 Å². The summed E-state index contributed by atoms with van der Waals surface area (Å²) in [7, 11) is 0. The van der Waals surface area contributed by atoms with Crippen LogP contribution in [0.25, 0.3) is 10.9 Å². The van der Waals surface area contributed by atoms with Gasteiger partial charge in [-0.25, -0.2) is 4.39 Å². The smallest absolute Gasteiger partial charge is 0.252 e. The summed E-state index contributed by atoms with van der Waals surface area (Å²) >= 11 is 0. The van der Waals surface area contributed by atoms with Gasteiger partial charge < -0.3 is 15.4 Å². The average Bonchev–Trinajstić information content (AvgIpc) is 2.56. The topological polar surface area (TPSA) is 65.1 Å². The van der Waals surface area contributed by atoms with E-state index in [0.717, 1.165) is 16.5 Å². The van der Waals surface area contributed by atoms with Gasteiger partial charge in [0.05, 0.1) is 6.61 Å². The molecule has 0 aliphatic carbocycles. The highest BCUT2D eigenvalue weighted by molar-refractivity contribution is 5.78. The fourth-order valence-electron chi connectivity index (χ4n) is 2.52. The molecule has 0 atom stereocenters. The Balaban J connectivity index is 1.71. The van der Waals surface area contributed by atoms with E-state index in [0.29, 0.717) is 18.7 Å². The fourth-order valence-corrected chi connectivity index (χ4v) is 2.52. The fraction of sp³-hybridized carbons (Fsp3) is 0.167. The van der Waals surface area contributed by atoms with Crippen molar-refractivity contribution < 1.29 is 9.50 Å². The minimum absolute atomic E-state index is 0.119. The summed E-state index contributed by atoms with van der Waals surface area (Å²) in [6, 6.07) is 14.1. The van der Waals surface area contributed by atoms with Gasteiger partial charge in [0.1, 0.15) is 5.82 Å². The van der Waals surface area contributed by atoms with E-state index in [4.69, 9.17) is 5.11 Å². The van der Waals surface area contributed by atoms with Crippen LogP contribution in [-0.4, -0.2) is 10.1 Å². The lowest BCUT2D eigenvalue weighted by molar-refractivity contribution is 0.275. The Labute approximate surface area is 132 Å². The van der Waals surface area contributed by atoms with Crippen molar-refractivity contribution in [1.82, 2.24) is 10.3 Å². The van der Waals surface area contributed by atoms with Crippen LogP contribution in [0.5, 0.6) is 0 Å². The number of aliphatic hydroxyl groups excluding tert-OH is 1. The summed E-state index contributed by atoms with van der Waals surface area (Å²) in [5.41, 5.74) is 2.47. The van der Waals surface area contributed by atoms with Crippen molar-refractivity contribution >= 4 is 10.9 Å². The Kier molecular flexibility index (Phi) is 4.50. The van der Waals surface area contributed by atoms with E-state index >= 15 is 0 Å². The quantitative estimate of drug-likeness (QED) is 0.678. The zero-order valence-corrected chi connectivity index (χ0v) is 12.5. The summed E-state index contributed by atoms with van der Waals surface area (Å²) in [4.78, 5) is 14.9. The van der Waals surface area contributed by atoms with Gasteiger partial charge in [0.2, 0.25) is 0 Å². The van der Waals surface area contributed by atoms with Crippen molar-refractivity contribution in [3.05, 3.63) is 81.4 Å². The van der Waals surface area contributed by atoms with Crippen LogP contribution < -0.4 is 10.9 Å². The predicted molar refractivity (Wildman–Crippen MR) is 87.4 cm³/mol. The first-order valence-electron chi connectivity index (χ1n) is 7.37. The zero-order valence-electron chi connectivity index (χ0n) is 12.5. The number of aromatic nitrogens is 1. The first-order valence-corrected chi connectivity index (χ1v) is 7.37. The molecule has 2 aromatic carbocycles. The van der Waals surface area contributed by atoms with E-state index < -0.39 is 5.82 Å². The van der Waals surface area contributed by atoms with Crippen LogP contribution in [0.4, 0.5) is 4.39 Å². The molecule has 3 N–H and O–H groups in total. The van der Waals surface area contributed by atoms with Crippen LogP contribution in [0, 0.1) is 5.82 Å². The van der Waals surface area contributed by atoms with Gasteiger partial charge in [-0.05, 0) is 35.2 Å². The SMILES string of the molecule is O=c1[nH]c2ccccc2cc1CNCc1ccc(F)c(CO)c1. The Bertz CT molecular complexity index is 890. The summed E-state index contributed by atoms with van der Waals surface area (Å²) in [6.07, 6.45) is 0. The third kappa shape index (κ3) is 3.47. The van der Waals surface area contributed by atoms with Gasteiger partial charge in [-0.1, -0.05) is 24.3 Å². The molecule has 118 valence electrons. The first kappa shape index (κ1) is 15.4. The molecule has 0 radical (unpaired) electrons. The molecule has 0 bridgehead atoms. The number of pyridine rings is 1. The number of halogens is 1. The molecular formula is C18H17FN2O2. The van der Waals surface area contributed by atoms with E-state index in [9.17, 15) is 9.18 Å². The standard InChI is InChI=1S/C18H17FN2O2/c19-16-6-5-12(7-15(16)11-22)9-20-10-14-8-13-3-1-2-4-17(13)21-18(14)23/h1-8,20,22H,9-11H2,(H,21,23). The number of nitrogens with one attached hydrogen (secondary N) is 2. The average molecular weight is 312 g/mol. The molecule has 3 aromatic rings. The van der Waals surface area contributed by atoms with Crippen LogP contribution in [0.2, 0.25) is 0 Å². The van der Waals surface area contributed by atoms with Crippen LogP contribution in [-0.2, 0) is 19.7 Å². The second kappa shape index (κ2) is 6.73. The second-order valence-electron chi connectivity index (χ2n) is 5.40. The van der Waals surface area contributed by atoms with Crippen molar-refractivity contribution in [3.8, 4) is 0 Å². The van der Waals surface area contributed by atoms with Gasteiger partial charge in [-0.15, -0.1) is 0 Å². The number of benzene rings is 2. The maximum atomic E-state index is 13.3. The van der Waals surface area contributed by atoms with Gasteiger partial charge in [-0.2, -0.15) is 0 Å². The molecule has 5 heteroatoms. The number of aliphatic hydroxyl groups is 1. The van der Waals surface area contributed by atoms with Gasteiger partial charge in [0.25, 0.3) is 5.56 Å². The van der Waals surface area contributed by atoms with Crippen LogP contribution in [0.3, 0.4) is 0 Å². The Morgan fingerprint density at radius 2 is 1.87 bits per heavy atom. The van der Waals surface area contributed by atoms with Gasteiger partial charge in [0, 0.05) is 29.7 Å². The second-order valence-corrected chi connectivity index (χ2v) is 5.40. The molecule has 1 heterocycles. The highest BCUT2D eigenvalue weighted by atomic mass is 19.1. The summed E-state index contributed by atoms with van der Waals surface area (Å²) in [5.74, 6) is -0.415. The summed E-state index contributed by atoms with van der Waals surface area (Å²) in [5, 5.41) is 13.2. The molecule has 0 spiro atoms. The lowest BCUT2D eigenvalue weighted by atomic mass is 10.1. The van der Waals surface area contributed by atoms with Crippen molar-refractivity contribution in [2.45, 2.75) is 19.7 Å². The number of rotatable bonds is 5. The van der Waals surface area contributed by atoms with Gasteiger partial charge >= 0.3 is 0 Å². The molecule has 4 nitrogen and oxygen atoms in total. The molecular weight excluding hydrogens is 295 g/mol. The number of para-hydroxylation sites is 1. The molecule has 1 aromatic heterocycles. The third-order valence-electron chi connectivity index (χ3n) is 3.76. The molecule has 0 aliphatic rings. The van der Waals surface area contributed by atoms with E-state index in [-0.39, 0.29) is 17.7 Å². The molecule has 0 amide bonds. The van der Waals surface area contributed by atoms with E-state index in [1.165, 1.54) is 6.07 Å². The highest BCUT2D eigenvalue weighted by Gasteiger charge is 2.04.